The highest BCUT2D eigenvalue weighted by Crippen LogP contribution is 2.31. The maximum absolute atomic E-state index is 9.78. The first-order valence-electron chi connectivity index (χ1n) is 6.86. The molecule has 0 spiro atoms. The van der Waals surface area contributed by atoms with E-state index in [0.29, 0.717) is 18.5 Å². The van der Waals surface area contributed by atoms with E-state index < -0.39 is 0 Å². The summed E-state index contributed by atoms with van der Waals surface area (Å²) in [7, 11) is 0. The standard InChI is InChI=1S/C17H19NO/c19-15-11-16(18-12-15)17(13-7-3-1-4-8-13)14-9-5-2-6-10-14/h1-10,15-19H,11-12H2. The number of β-amino-alcohol motifs (C(OH)–C–C–N with tert-alkyl or cyclic N) is 1. The van der Waals surface area contributed by atoms with Gasteiger partial charge in [-0.3, -0.25) is 0 Å². The molecule has 98 valence electrons. The van der Waals surface area contributed by atoms with E-state index in [0.717, 1.165) is 6.42 Å². The Morgan fingerprint density at radius 3 is 1.84 bits per heavy atom. The maximum Gasteiger partial charge on any atom is 0.0679 e. The Kier molecular flexibility index (Phi) is 3.62. The van der Waals surface area contributed by atoms with Crippen molar-refractivity contribution in [2.24, 2.45) is 0 Å². The zero-order valence-electron chi connectivity index (χ0n) is 10.9. The zero-order chi connectivity index (χ0) is 13.1. The Hall–Kier alpha value is -1.64. The van der Waals surface area contributed by atoms with Gasteiger partial charge in [-0.15, -0.1) is 0 Å². The molecule has 0 amide bonds. The first kappa shape index (κ1) is 12.4. The quantitative estimate of drug-likeness (QED) is 0.881. The van der Waals surface area contributed by atoms with Crippen molar-refractivity contribution < 1.29 is 5.11 Å². The first-order chi connectivity index (χ1) is 9.34. The summed E-state index contributed by atoms with van der Waals surface area (Å²) in [5, 5.41) is 13.2. The number of aliphatic hydroxyl groups is 1. The lowest BCUT2D eigenvalue weighted by Crippen LogP contribution is -2.29. The fourth-order valence-electron chi connectivity index (χ4n) is 2.98. The highest BCUT2D eigenvalue weighted by Gasteiger charge is 2.31. The van der Waals surface area contributed by atoms with E-state index in [1.165, 1.54) is 11.1 Å². The second-order valence-electron chi connectivity index (χ2n) is 5.20. The molecular formula is C17H19NO. The first-order valence-corrected chi connectivity index (χ1v) is 6.86. The molecule has 2 heteroatoms. The summed E-state index contributed by atoms with van der Waals surface area (Å²) >= 11 is 0. The molecule has 1 aliphatic rings. The van der Waals surface area contributed by atoms with Crippen LogP contribution in [0.2, 0.25) is 0 Å². The normalized spacial score (nSPS) is 22.8. The fourth-order valence-corrected chi connectivity index (χ4v) is 2.98. The molecule has 1 saturated heterocycles. The molecule has 0 aliphatic carbocycles. The van der Waals surface area contributed by atoms with Crippen LogP contribution in [0, 0.1) is 0 Å². The molecule has 19 heavy (non-hydrogen) atoms. The minimum Gasteiger partial charge on any atom is -0.392 e. The van der Waals surface area contributed by atoms with E-state index in [2.05, 4.69) is 53.8 Å². The Bertz CT molecular complexity index is 472. The molecule has 0 bridgehead atoms. The molecule has 2 aromatic rings. The van der Waals surface area contributed by atoms with Crippen molar-refractivity contribution in [2.45, 2.75) is 24.5 Å². The van der Waals surface area contributed by atoms with Crippen LogP contribution in [-0.2, 0) is 0 Å². The Morgan fingerprint density at radius 1 is 0.895 bits per heavy atom. The number of hydrogen-bond acceptors (Lipinski definition) is 2. The summed E-state index contributed by atoms with van der Waals surface area (Å²) in [6.07, 6.45) is 0.592. The lowest BCUT2D eigenvalue weighted by atomic mass is 9.84. The third-order valence-electron chi connectivity index (χ3n) is 3.86. The van der Waals surface area contributed by atoms with Gasteiger partial charge >= 0.3 is 0 Å². The summed E-state index contributed by atoms with van der Waals surface area (Å²) < 4.78 is 0. The third-order valence-corrected chi connectivity index (χ3v) is 3.86. The van der Waals surface area contributed by atoms with Crippen molar-refractivity contribution in [3.63, 3.8) is 0 Å². The highest BCUT2D eigenvalue weighted by atomic mass is 16.3. The number of rotatable bonds is 3. The Morgan fingerprint density at radius 2 is 1.42 bits per heavy atom. The Balaban J connectivity index is 1.97. The summed E-state index contributed by atoms with van der Waals surface area (Å²) in [6, 6.07) is 21.4. The van der Waals surface area contributed by atoms with Gasteiger partial charge in [-0.1, -0.05) is 60.7 Å². The largest absolute Gasteiger partial charge is 0.392 e. The van der Waals surface area contributed by atoms with Crippen LogP contribution in [0.15, 0.2) is 60.7 Å². The molecule has 2 nitrogen and oxygen atoms in total. The fraction of sp³-hybridized carbons (Fsp3) is 0.294. The van der Waals surface area contributed by atoms with Gasteiger partial charge in [0.15, 0.2) is 0 Å². The summed E-state index contributed by atoms with van der Waals surface area (Å²) in [4.78, 5) is 0. The molecule has 0 saturated carbocycles. The summed E-state index contributed by atoms with van der Waals surface area (Å²) in [5.41, 5.74) is 2.61. The summed E-state index contributed by atoms with van der Waals surface area (Å²) in [5.74, 6) is 0.305. The van der Waals surface area contributed by atoms with Crippen LogP contribution in [0.1, 0.15) is 23.5 Å². The van der Waals surface area contributed by atoms with Crippen molar-refractivity contribution >= 4 is 0 Å². The lowest BCUT2D eigenvalue weighted by Gasteiger charge is -2.24. The molecule has 2 N–H and O–H groups in total. The lowest BCUT2D eigenvalue weighted by molar-refractivity contribution is 0.192. The molecule has 1 heterocycles. The van der Waals surface area contributed by atoms with Crippen molar-refractivity contribution in [2.75, 3.05) is 6.54 Å². The van der Waals surface area contributed by atoms with Crippen LogP contribution >= 0.6 is 0 Å². The SMILES string of the molecule is OC1CNC(C(c2ccccc2)c2ccccc2)C1. The average Bonchev–Trinajstić information content (AvgIpc) is 2.88. The summed E-state index contributed by atoms with van der Waals surface area (Å²) in [6.45, 7) is 0.695. The molecule has 3 rings (SSSR count). The van der Waals surface area contributed by atoms with E-state index in [1.807, 2.05) is 12.1 Å². The van der Waals surface area contributed by atoms with Crippen LogP contribution in [0.25, 0.3) is 0 Å². The van der Waals surface area contributed by atoms with E-state index in [9.17, 15) is 5.11 Å². The number of hydrogen-bond donors (Lipinski definition) is 2. The van der Waals surface area contributed by atoms with Crippen molar-refractivity contribution in [1.82, 2.24) is 5.32 Å². The van der Waals surface area contributed by atoms with Gasteiger partial charge in [0.05, 0.1) is 6.10 Å². The van der Waals surface area contributed by atoms with E-state index in [4.69, 9.17) is 0 Å². The van der Waals surface area contributed by atoms with Gasteiger partial charge in [-0.05, 0) is 17.5 Å². The molecule has 2 atom stereocenters. The van der Waals surface area contributed by atoms with Gasteiger partial charge in [0.2, 0.25) is 0 Å². The van der Waals surface area contributed by atoms with Gasteiger partial charge in [0, 0.05) is 18.5 Å². The molecule has 0 radical (unpaired) electrons. The van der Waals surface area contributed by atoms with Gasteiger partial charge in [-0.25, -0.2) is 0 Å². The molecule has 1 aliphatic heterocycles. The van der Waals surface area contributed by atoms with Crippen LogP contribution in [0.3, 0.4) is 0 Å². The van der Waals surface area contributed by atoms with Crippen LogP contribution in [0.5, 0.6) is 0 Å². The number of nitrogens with one attached hydrogen (secondary N) is 1. The van der Waals surface area contributed by atoms with Crippen molar-refractivity contribution in [3.8, 4) is 0 Å². The predicted molar refractivity (Wildman–Crippen MR) is 77.1 cm³/mol. The van der Waals surface area contributed by atoms with Crippen molar-refractivity contribution in [3.05, 3.63) is 71.8 Å². The van der Waals surface area contributed by atoms with Gasteiger partial charge in [0.1, 0.15) is 0 Å². The van der Waals surface area contributed by atoms with Crippen molar-refractivity contribution in [1.29, 1.82) is 0 Å². The molecule has 1 fully saturated rings. The van der Waals surface area contributed by atoms with E-state index >= 15 is 0 Å². The van der Waals surface area contributed by atoms with Gasteiger partial charge < -0.3 is 10.4 Å². The maximum atomic E-state index is 9.78. The van der Waals surface area contributed by atoms with E-state index in [1.54, 1.807) is 0 Å². The monoisotopic (exact) mass is 253 g/mol. The minimum atomic E-state index is -0.222. The smallest absolute Gasteiger partial charge is 0.0679 e. The second-order valence-corrected chi connectivity index (χ2v) is 5.20. The van der Waals surface area contributed by atoms with Crippen LogP contribution < -0.4 is 5.32 Å². The predicted octanol–water partition coefficient (Wildman–Crippen LogP) is 2.54. The van der Waals surface area contributed by atoms with Crippen LogP contribution in [-0.4, -0.2) is 23.8 Å². The Labute approximate surface area is 114 Å². The number of benzene rings is 2. The molecule has 0 aromatic heterocycles. The minimum absolute atomic E-state index is 0.222. The molecule has 2 aromatic carbocycles. The zero-order valence-corrected chi connectivity index (χ0v) is 10.9. The molecular weight excluding hydrogens is 234 g/mol. The third kappa shape index (κ3) is 2.70. The molecule has 2 unspecified atom stereocenters. The number of aliphatic hydroxyl groups excluding tert-OH is 1. The van der Waals surface area contributed by atoms with Gasteiger partial charge in [0.25, 0.3) is 0 Å². The topological polar surface area (TPSA) is 32.3 Å². The second kappa shape index (κ2) is 5.55. The van der Waals surface area contributed by atoms with Crippen LogP contribution in [0.4, 0.5) is 0 Å². The van der Waals surface area contributed by atoms with Gasteiger partial charge in [-0.2, -0.15) is 0 Å². The highest BCUT2D eigenvalue weighted by molar-refractivity contribution is 5.34. The van der Waals surface area contributed by atoms with E-state index in [-0.39, 0.29) is 6.10 Å². The average molecular weight is 253 g/mol.